The molecule has 288 valence electrons. The molecule has 0 atom stereocenters. The summed E-state index contributed by atoms with van der Waals surface area (Å²) in [7, 11) is 0. The highest BCUT2D eigenvalue weighted by Crippen LogP contribution is 2.46. The first-order valence-electron chi connectivity index (χ1n) is 21.4. The fraction of sp³-hybridized carbons (Fsp3) is 0. The summed E-state index contributed by atoms with van der Waals surface area (Å²) in [5.41, 5.74) is 14.5. The van der Waals surface area contributed by atoms with Crippen molar-refractivity contribution >= 4 is 75.9 Å². The molecule has 0 aliphatic heterocycles. The van der Waals surface area contributed by atoms with Gasteiger partial charge in [0.2, 0.25) is 0 Å². The van der Waals surface area contributed by atoms with Gasteiger partial charge < -0.3 is 9.13 Å². The van der Waals surface area contributed by atoms with Crippen LogP contribution in [0.2, 0.25) is 0 Å². The van der Waals surface area contributed by atoms with E-state index in [0.29, 0.717) is 0 Å². The van der Waals surface area contributed by atoms with Gasteiger partial charge in [-0.2, -0.15) is 0 Å². The Bertz CT molecular complexity index is 3850. The Morgan fingerprint density at radius 3 is 1.31 bits per heavy atom. The Kier molecular flexibility index (Phi) is 7.64. The van der Waals surface area contributed by atoms with Gasteiger partial charge >= 0.3 is 0 Å². The summed E-state index contributed by atoms with van der Waals surface area (Å²) in [5, 5.41) is 12.5. The van der Waals surface area contributed by atoms with Gasteiger partial charge in [-0.25, -0.2) is 0 Å². The molecule has 2 heteroatoms. The predicted octanol–water partition coefficient (Wildman–Crippen LogP) is 16.3. The number of nitrogens with zero attached hydrogens (tertiary/aromatic N) is 2. The van der Waals surface area contributed by atoms with Crippen molar-refractivity contribution in [3.05, 3.63) is 231 Å². The van der Waals surface area contributed by atoms with E-state index in [-0.39, 0.29) is 0 Å². The molecule has 0 saturated heterocycles. The van der Waals surface area contributed by atoms with Gasteiger partial charge in [0, 0.05) is 32.9 Å². The van der Waals surface area contributed by atoms with Crippen LogP contribution in [0.3, 0.4) is 0 Å². The minimum Gasteiger partial charge on any atom is -0.309 e. The van der Waals surface area contributed by atoms with E-state index >= 15 is 0 Å². The van der Waals surface area contributed by atoms with Crippen LogP contribution in [0.25, 0.3) is 121 Å². The quantitative estimate of drug-likeness (QED) is 0.154. The van der Waals surface area contributed by atoms with E-state index in [2.05, 4.69) is 240 Å². The third-order valence-electron chi connectivity index (χ3n) is 13.0. The van der Waals surface area contributed by atoms with Crippen molar-refractivity contribution < 1.29 is 0 Å². The van der Waals surface area contributed by atoms with Gasteiger partial charge in [0.05, 0.1) is 22.1 Å². The first-order chi connectivity index (χ1) is 30.8. The van der Waals surface area contributed by atoms with Crippen LogP contribution < -0.4 is 0 Å². The Balaban J connectivity index is 1.07. The predicted molar refractivity (Wildman–Crippen MR) is 264 cm³/mol. The molecule has 0 aliphatic carbocycles. The van der Waals surface area contributed by atoms with E-state index in [4.69, 9.17) is 0 Å². The molecule has 62 heavy (non-hydrogen) atoms. The lowest BCUT2D eigenvalue weighted by atomic mass is 9.85. The van der Waals surface area contributed by atoms with E-state index in [1.165, 1.54) is 109 Å². The van der Waals surface area contributed by atoms with Gasteiger partial charge in [0.1, 0.15) is 0 Å². The second kappa shape index (κ2) is 13.7. The second-order valence-electron chi connectivity index (χ2n) is 16.5. The normalized spacial score (nSPS) is 11.9. The summed E-state index contributed by atoms with van der Waals surface area (Å²) < 4.78 is 4.86. The van der Waals surface area contributed by atoms with Crippen LogP contribution in [0.5, 0.6) is 0 Å². The van der Waals surface area contributed by atoms with Gasteiger partial charge in [-0.05, 0) is 132 Å². The van der Waals surface area contributed by atoms with Crippen molar-refractivity contribution in [1.82, 2.24) is 9.13 Å². The summed E-state index contributed by atoms with van der Waals surface area (Å²) in [5.74, 6) is 0. The first kappa shape index (κ1) is 34.6. The first-order valence-corrected chi connectivity index (χ1v) is 21.4. The molecule has 0 unspecified atom stereocenters. The molecule has 11 aromatic carbocycles. The third kappa shape index (κ3) is 5.23. The maximum absolute atomic E-state index is 2.45. The van der Waals surface area contributed by atoms with E-state index in [0.717, 1.165) is 11.4 Å². The van der Waals surface area contributed by atoms with Crippen LogP contribution in [0.1, 0.15) is 0 Å². The monoisotopic (exact) mass is 786 g/mol. The Labute approximate surface area is 358 Å². The van der Waals surface area contributed by atoms with Crippen molar-refractivity contribution in [2.45, 2.75) is 0 Å². The van der Waals surface area contributed by atoms with Crippen LogP contribution in [-0.4, -0.2) is 9.13 Å². The van der Waals surface area contributed by atoms with Crippen LogP contribution in [0.4, 0.5) is 0 Å². The lowest BCUT2D eigenvalue weighted by molar-refractivity contribution is 1.16. The van der Waals surface area contributed by atoms with E-state index in [9.17, 15) is 0 Å². The molecule has 2 aromatic heterocycles. The molecule has 13 rings (SSSR count). The van der Waals surface area contributed by atoms with Gasteiger partial charge in [0.15, 0.2) is 0 Å². The molecule has 13 aromatic rings. The summed E-state index contributed by atoms with van der Waals surface area (Å²) >= 11 is 0. The number of hydrogen-bond acceptors (Lipinski definition) is 0. The van der Waals surface area contributed by atoms with E-state index in [1.807, 2.05) is 0 Å². The SMILES string of the molecule is c1ccc(-n2c3ccccc3c3cc4c5cc(-c6c7ccccc7c(-c7cccc(-c8ccc9ccccc9c8)c7)c7ccccc67)ccc5n(-c5ccccc5)c4cc32)cc1. The molecule has 2 nitrogen and oxygen atoms in total. The highest BCUT2D eigenvalue weighted by Gasteiger charge is 2.21. The van der Waals surface area contributed by atoms with Gasteiger partial charge in [-0.3, -0.25) is 0 Å². The van der Waals surface area contributed by atoms with Crippen LogP contribution in [-0.2, 0) is 0 Å². The molecule has 0 spiro atoms. The Morgan fingerprint density at radius 1 is 0.210 bits per heavy atom. The zero-order valence-corrected chi connectivity index (χ0v) is 33.8. The van der Waals surface area contributed by atoms with E-state index in [1.54, 1.807) is 0 Å². The zero-order chi connectivity index (χ0) is 40.7. The Hall–Kier alpha value is -8.20. The van der Waals surface area contributed by atoms with Gasteiger partial charge in [-0.15, -0.1) is 0 Å². The highest BCUT2D eigenvalue weighted by molar-refractivity contribution is 6.24. The van der Waals surface area contributed by atoms with Crippen molar-refractivity contribution in [2.75, 3.05) is 0 Å². The van der Waals surface area contributed by atoms with Crippen LogP contribution >= 0.6 is 0 Å². The number of hydrogen-bond donors (Lipinski definition) is 0. The van der Waals surface area contributed by atoms with Crippen molar-refractivity contribution in [3.8, 4) is 44.8 Å². The number of fused-ring (bicyclic) bond motifs is 9. The second-order valence-corrected chi connectivity index (χ2v) is 16.5. The average Bonchev–Trinajstić information content (AvgIpc) is 3.84. The topological polar surface area (TPSA) is 9.86 Å². The third-order valence-corrected chi connectivity index (χ3v) is 13.0. The van der Waals surface area contributed by atoms with Crippen molar-refractivity contribution in [2.24, 2.45) is 0 Å². The molecule has 2 heterocycles. The molecular weight excluding hydrogens is 749 g/mol. The molecule has 0 bridgehead atoms. The lowest BCUT2D eigenvalue weighted by Gasteiger charge is -2.18. The molecule has 0 amide bonds. The average molecular weight is 787 g/mol. The molecule has 0 fully saturated rings. The maximum Gasteiger partial charge on any atom is 0.0562 e. The minimum absolute atomic E-state index is 1.15. The molecular formula is C60H38N2. The number of para-hydroxylation sites is 3. The zero-order valence-electron chi connectivity index (χ0n) is 33.8. The molecule has 0 radical (unpaired) electrons. The van der Waals surface area contributed by atoms with Gasteiger partial charge in [0.25, 0.3) is 0 Å². The molecule has 0 aliphatic rings. The number of benzene rings is 11. The van der Waals surface area contributed by atoms with Crippen LogP contribution in [0, 0.1) is 0 Å². The summed E-state index contributed by atoms with van der Waals surface area (Å²) in [4.78, 5) is 0. The van der Waals surface area contributed by atoms with Gasteiger partial charge in [-0.1, -0.05) is 164 Å². The fourth-order valence-electron chi connectivity index (χ4n) is 10.3. The standard InChI is InChI=1S/C60H38N2/c1-3-20-45(21-4-1)61-55-29-14-13-24-47(55)53-37-54-52-36-44(32-33-56(52)62(58(54)38-57(53)61)46-22-5-2-6-23-46)60-50-27-11-9-25-48(50)59(49-26-10-12-28-51(49)60)43-19-15-18-41(35-43)42-31-30-39-16-7-8-17-40(39)34-42/h1-38H. The summed E-state index contributed by atoms with van der Waals surface area (Å²) in [6.07, 6.45) is 0. The fourth-order valence-corrected chi connectivity index (χ4v) is 10.3. The van der Waals surface area contributed by atoms with Crippen molar-refractivity contribution in [3.63, 3.8) is 0 Å². The van der Waals surface area contributed by atoms with Crippen molar-refractivity contribution in [1.29, 1.82) is 0 Å². The largest absolute Gasteiger partial charge is 0.309 e. The molecule has 0 N–H and O–H groups in total. The minimum atomic E-state index is 1.15. The Morgan fingerprint density at radius 2 is 0.661 bits per heavy atom. The van der Waals surface area contributed by atoms with E-state index < -0.39 is 0 Å². The maximum atomic E-state index is 2.45. The molecule has 0 saturated carbocycles. The number of rotatable bonds is 5. The van der Waals surface area contributed by atoms with Crippen LogP contribution in [0.15, 0.2) is 231 Å². The number of aromatic nitrogens is 2. The smallest absolute Gasteiger partial charge is 0.0562 e. The lowest BCUT2D eigenvalue weighted by Crippen LogP contribution is -1.95. The highest BCUT2D eigenvalue weighted by atomic mass is 15.0. The summed E-state index contributed by atoms with van der Waals surface area (Å²) in [6.45, 7) is 0. The summed E-state index contributed by atoms with van der Waals surface area (Å²) in [6, 6.07) is 84.9.